The summed E-state index contributed by atoms with van der Waals surface area (Å²) in [5, 5.41) is 3.46. The minimum absolute atomic E-state index is 0.0111. The number of carbonyl (C=O) groups is 1. The first-order chi connectivity index (χ1) is 15.0. The van der Waals surface area contributed by atoms with E-state index in [1.807, 2.05) is 44.7 Å². The monoisotopic (exact) mass is 530 g/mol. The standard InChI is InChI=1S/C21H29BrClFN6O2/c1-21(2,3)32-20(31)30-10-8-29(9-11-30)18-15-14(12-13(22)16(23)17(15)24)26-19(27-18)25-6-7-28(4)5/h12H,6-11H2,1-5H3,(H,25,26,27). The van der Waals surface area contributed by atoms with Crippen LogP contribution in [-0.2, 0) is 4.74 Å². The van der Waals surface area contributed by atoms with Crippen LogP contribution in [-0.4, -0.2) is 84.8 Å². The van der Waals surface area contributed by atoms with Crippen molar-refractivity contribution in [2.24, 2.45) is 0 Å². The Morgan fingerprint density at radius 2 is 1.94 bits per heavy atom. The largest absolute Gasteiger partial charge is 0.444 e. The number of anilines is 2. The fraction of sp³-hybridized carbons (Fsp3) is 0.571. The van der Waals surface area contributed by atoms with E-state index in [0.29, 0.717) is 54.5 Å². The molecule has 1 aliphatic heterocycles. The quantitative estimate of drug-likeness (QED) is 0.579. The van der Waals surface area contributed by atoms with Crippen LogP contribution in [0.1, 0.15) is 20.8 Å². The summed E-state index contributed by atoms with van der Waals surface area (Å²) in [6.07, 6.45) is -0.353. The molecule has 0 atom stereocenters. The molecule has 1 amide bonds. The molecule has 3 rings (SSSR count). The highest BCUT2D eigenvalue weighted by molar-refractivity contribution is 9.10. The Morgan fingerprint density at radius 3 is 2.53 bits per heavy atom. The van der Waals surface area contributed by atoms with Gasteiger partial charge in [-0.05, 0) is 56.9 Å². The van der Waals surface area contributed by atoms with E-state index in [2.05, 4.69) is 31.2 Å². The number of amides is 1. The smallest absolute Gasteiger partial charge is 0.410 e. The van der Waals surface area contributed by atoms with E-state index in [4.69, 9.17) is 16.3 Å². The second kappa shape index (κ2) is 9.93. The number of rotatable bonds is 5. The molecule has 1 aliphatic rings. The molecule has 0 saturated carbocycles. The maximum Gasteiger partial charge on any atom is 0.410 e. The average Bonchev–Trinajstić information content (AvgIpc) is 2.70. The van der Waals surface area contributed by atoms with Gasteiger partial charge in [0.1, 0.15) is 11.4 Å². The van der Waals surface area contributed by atoms with Crippen molar-refractivity contribution >= 4 is 56.3 Å². The number of nitrogens with one attached hydrogen (secondary N) is 1. The number of piperazine rings is 1. The minimum atomic E-state index is -0.569. The van der Waals surface area contributed by atoms with Gasteiger partial charge in [0.25, 0.3) is 0 Å². The zero-order chi connectivity index (χ0) is 23.6. The number of benzene rings is 1. The highest BCUT2D eigenvalue weighted by atomic mass is 79.9. The second-order valence-electron chi connectivity index (χ2n) is 8.94. The summed E-state index contributed by atoms with van der Waals surface area (Å²) in [6, 6.07) is 1.69. The van der Waals surface area contributed by atoms with Crippen LogP contribution in [0.5, 0.6) is 0 Å². The number of nitrogens with zero attached hydrogens (tertiary/aromatic N) is 5. The van der Waals surface area contributed by atoms with Crippen LogP contribution < -0.4 is 10.2 Å². The lowest BCUT2D eigenvalue weighted by Crippen LogP contribution is -2.50. The maximum absolute atomic E-state index is 15.2. The van der Waals surface area contributed by atoms with Crippen molar-refractivity contribution in [1.29, 1.82) is 0 Å². The van der Waals surface area contributed by atoms with Gasteiger partial charge in [0.15, 0.2) is 5.82 Å². The van der Waals surface area contributed by atoms with Crippen LogP contribution in [0.3, 0.4) is 0 Å². The molecular formula is C21H29BrClFN6O2. The number of halogens is 3. The van der Waals surface area contributed by atoms with Gasteiger partial charge >= 0.3 is 6.09 Å². The van der Waals surface area contributed by atoms with E-state index >= 15 is 4.39 Å². The summed E-state index contributed by atoms with van der Waals surface area (Å²) in [5.41, 5.74) is -0.108. The molecule has 11 heteroatoms. The van der Waals surface area contributed by atoms with Crippen molar-refractivity contribution in [2.75, 3.05) is 63.6 Å². The molecule has 0 spiro atoms. The van der Waals surface area contributed by atoms with Crippen molar-refractivity contribution < 1.29 is 13.9 Å². The zero-order valence-electron chi connectivity index (χ0n) is 19.0. The molecule has 2 aromatic rings. The molecule has 0 radical (unpaired) electrons. The summed E-state index contributed by atoms with van der Waals surface area (Å²) in [7, 11) is 3.96. The fourth-order valence-corrected chi connectivity index (χ4v) is 3.85. The molecule has 1 aromatic carbocycles. The fourth-order valence-electron chi connectivity index (χ4n) is 3.31. The molecule has 176 valence electrons. The summed E-state index contributed by atoms with van der Waals surface area (Å²) in [4.78, 5) is 27.2. The molecule has 8 nitrogen and oxygen atoms in total. The molecule has 32 heavy (non-hydrogen) atoms. The van der Waals surface area contributed by atoms with E-state index in [0.717, 1.165) is 6.54 Å². The van der Waals surface area contributed by atoms with Gasteiger partial charge in [-0.3, -0.25) is 0 Å². The summed E-state index contributed by atoms with van der Waals surface area (Å²) in [6.45, 7) is 8.79. The summed E-state index contributed by atoms with van der Waals surface area (Å²) < 4.78 is 21.1. The third-order valence-electron chi connectivity index (χ3n) is 4.88. The van der Waals surface area contributed by atoms with Crippen LogP contribution in [0.2, 0.25) is 5.02 Å². The number of hydrogen-bond acceptors (Lipinski definition) is 7. The van der Waals surface area contributed by atoms with Crippen LogP contribution in [0.15, 0.2) is 10.5 Å². The molecule has 1 aromatic heterocycles. The minimum Gasteiger partial charge on any atom is -0.444 e. The highest BCUT2D eigenvalue weighted by Crippen LogP contribution is 2.36. The van der Waals surface area contributed by atoms with Gasteiger partial charge in [-0.2, -0.15) is 4.98 Å². The SMILES string of the molecule is CN(C)CCNc1nc(N2CCN(C(=O)OC(C)(C)C)CC2)c2c(F)c(Cl)c(Br)cc2n1. The third-order valence-corrected chi connectivity index (χ3v) is 6.10. The van der Waals surface area contributed by atoms with Gasteiger partial charge in [-0.15, -0.1) is 0 Å². The molecular weight excluding hydrogens is 503 g/mol. The molecule has 0 aliphatic carbocycles. The van der Waals surface area contributed by atoms with E-state index in [-0.39, 0.29) is 16.5 Å². The Hall–Kier alpha value is -1.91. The van der Waals surface area contributed by atoms with Gasteiger partial charge < -0.3 is 24.8 Å². The average molecular weight is 532 g/mol. The van der Waals surface area contributed by atoms with Crippen LogP contribution in [0, 0.1) is 5.82 Å². The first-order valence-electron chi connectivity index (χ1n) is 10.4. The van der Waals surface area contributed by atoms with Crippen molar-refractivity contribution in [1.82, 2.24) is 19.8 Å². The van der Waals surface area contributed by atoms with E-state index < -0.39 is 11.4 Å². The number of carbonyl (C=O) groups excluding carboxylic acids is 1. The topological polar surface area (TPSA) is 73.8 Å². The van der Waals surface area contributed by atoms with Gasteiger partial charge in [-0.1, -0.05) is 11.6 Å². The molecule has 1 N–H and O–H groups in total. The second-order valence-corrected chi connectivity index (χ2v) is 10.2. The van der Waals surface area contributed by atoms with E-state index in [1.165, 1.54) is 0 Å². The van der Waals surface area contributed by atoms with E-state index in [1.54, 1.807) is 11.0 Å². The molecule has 0 unspecified atom stereocenters. The van der Waals surface area contributed by atoms with Crippen molar-refractivity contribution in [2.45, 2.75) is 26.4 Å². The lowest BCUT2D eigenvalue weighted by atomic mass is 10.2. The van der Waals surface area contributed by atoms with Gasteiger partial charge in [0.2, 0.25) is 5.95 Å². The zero-order valence-corrected chi connectivity index (χ0v) is 21.3. The van der Waals surface area contributed by atoms with Crippen LogP contribution in [0.4, 0.5) is 21.0 Å². The van der Waals surface area contributed by atoms with Crippen molar-refractivity contribution in [3.63, 3.8) is 0 Å². The third kappa shape index (κ3) is 5.90. The van der Waals surface area contributed by atoms with Crippen molar-refractivity contribution in [3.05, 3.63) is 21.4 Å². The first kappa shape index (κ1) is 24.7. The van der Waals surface area contributed by atoms with Gasteiger partial charge in [-0.25, -0.2) is 14.2 Å². The Kier molecular flexibility index (Phi) is 7.67. The maximum atomic E-state index is 15.2. The Balaban J connectivity index is 1.89. The number of fused-ring (bicyclic) bond motifs is 1. The Morgan fingerprint density at radius 1 is 1.28 bits per heavy atom. The van der Waals surface area contributed by atoms with E-state index in [9.17, 15) is 4.79 Å². The number of aromatic nitrogens is 2. The Bertz CT molecular complexity index is 993. The van der Waals surface area contributed by atoms with Gasteiger partial charge in [0.05, 0.1) is 15.9 Å². The van der Waals surface area contributed by atoms with Crippen molar-refractivity contribution in [3.8, 4) is 0 Å². The number of hydrogen-bond donors (Lipinski definition) is 1. The first-order valence-corrected chi connectivity index (χ1v) is 11.6. The summed E-state index contributed by atoms with van der Waals surface area (Å²) >= 11 is 9.47. The number of likely N-dealkylation sites (N-methyl/N-ethyl adjacent to an activating group) is 1. The van der Waals surface area contributed by atoms with Crippen LogP contribution >= 0.6 is 27.5 Å². The predicted octanol–water partition coefficient (Wildman–Crippen LogP) is 4.22. The lowest BCUT2D eigenvalue weighted by Gasteiger charge is -2.36. The van der Waals surface area contributed by atoms with Gasteiger partial charge in [0, 0.05) is 43.7 Å². The molecule has 0 bridgehead atoms. The summed E-state index contributed by atoms with van der Waals surface area (Å²) in [5.74, 6) is 0.302. The lowest BCUT2D eigenvalue weighted by molar-refractivity contribution is 0.0240. The predicted molar refractivity (Wildman–Crippen MR) is 129 cm³/mol. The highest BCUT2D eigenvalue weighted by Gasteiger charge is 2.28. The molecule has 1 fully saturated rings. The van der Waals surface area contributed by atoms with Crippen LogP contribution in [0.25, 0.3) is 10.9 Å². The Labute approximate surface area is 201 Å². The molecule has 1 saturated heterocycles. The molecule has 2 heterocycles. The normalized spacial score (nSPS) is 14.9. The number of ether oxygens (including phenoxy) is 1.